The summed E-state index contributed by atoms with van der Waals surface area (Å²) in [4.78, 5) is 15.9. The van der Waals surface area contributed by atoms with E-state index < -0.39 is 0 Å². The molecule has 0 saturated heterocycles. The van der Waals surface area contributed by atoms with Crippen LogP contribution in [-0.4, -0.2) is 38.0 Å². The molecule has 0 radical (unpaired) electrons. The lowest BCUT2D eigenvalue weighted by Crippen LogP contribution is -2.33. The van der Waals surface area contributed by atoms with Crippen LogP contribution in [0.1, 0.15) is 9.75 Å². The van der Waals surface area contributed by atoms with Crippen molar-refractivity contribution < 1.29 is 4.79 Å². The van der Waals surface area contributed by atoms with Gasteiger partial charge in [-0.3, -0.25) is 4.79 Å². The molecule has 1 rings (SSSR count). The fourth-order valence-corrected chi connectivity index (χ4v) is 2.15. The number of amides is 1. The first-order valence-corrected chi connectivity index (χ1v) is 5.89. The van der Waals surface area contributed by atoms with E-state index >= 15 is 0 Å². The number of likely N-dealkylation sites (N-methyl/N-ethyl adjacent to an activating group) is 2. The molecule has 1 aromatic heterocycles. The van der Waals surface area contributed by atoms with Gasteiger partial charge in [0.25, 0.3) is 0 Å². The van der Waals surface area contributed by atoms with Crippen molar-refractivity contribution in [3.8, 4) is 0 Å². The summed E-state index contributed by atoms with van der Waals surface area (Å²) in [7, 11) is 3.74. The van der Waals surface area contributed by atoms with E-state index in [9.17, 15) is 4.79 Å². The molecule has 0 aliphatic rings. The summed E-state index contributed by atoms with van der Waals surface area (Å²) < 4.78 is 0. The first kappa shape index (κ1) is 12.2. The number of carbonyl (C=O) groups is 1. The fraction of sp³-hybridized carbons (Fsp3) is 0.545. The van der Waals surface area contributed by atoms with Crippen LogP contribution in [0.15, 0.2) is 12.1 Å². The lowest BCUT2D eigenvalue weighted by Gasteiger charge is -2.16. The van der Waals surface area contributed by atoms with Gasteiger partial charge in [0.15, 0.2) is 0 Å². The molecule has 15 heavy (non-hydrogen) atoms. The predicted molar refractivity (Wildman–Crippen MR) is 64.3 cm³/mol. The Morgan fingerprint density at radius 1 is 1.53 bits per heavy atom. The molecular weight excluding hydrogens is 208 g/mol. The molecule has 0 spiro atoms. The minimum atomic E-state index is 0.187. The van der Waals surface area contributed by atoms with Gasteiger partial charge in [0.05, 0.1) is 6.42 Å². The molecule has 3 nitrogen and oxygen atoms in total. The highest BCUT2D eigenvalue weighted by molar-refractivity contribution is 7.12. The molecule has 1 aromatic rings. The van der Waals surface area contributed by atoms with Gasteiger partial charge in [-0.15, -0.1) is 11.3 Å². The Hall–Kier alpha value is -0.870. The Kier molecular flexibility index (Phi) is 4.78. The molecule has 0 aliphatic carbocycles. The zero-order valence-corrected chi connectivity index (χ0v) is 10.4. The van der Waals surface area contributed by atoms with Crippen LogP contribution in [0.5, 0.6) is 0 Å². The number of hydrogen-bond acceptors (Lipinski definition) is 3. The third kappa shape index (κ3) is 4.01. The molecule has 0 unspecified atom stereocenters. The quantitative estimate of drug-likeness (QED) is 0.820. The highest BCUT2D eigenvalue weighted by Gasteiger charge is 2.09. The molecule has 0 aliphatic heterocycles. The van der Waals surface area contributed by atoms with Crippen LogP contribution in [0.3, 0.4) is 0 Å². The lowest BCUT2D eigenvalue weighted by molar-refractivity contribution is -0.129. The van der Waals surface area contributed by atoms with Crippen LogP contribution in [0.2, 0.25) is 0 Å². The Morgan fingerprint density at radius 2 is 2.27 bits per heavy atom. The zero-order valence-electron chi connectivity index (χ0n) is 9.54. The van der Waals surface area contributed by atoms with Gasteiger partial charge in [-0.1, -0.05) is 0 Å². The third-order valence-corrected chi connectivity index (χ3v) is 3.25. The van der Waals surface area contributed by atoms with Gasteiger partial charge in [0, 0.05) is 29.9 Å². The van der Waals surface area contributed by atoms with Crippen LogP contribution < -0.4 is 5.32 Å². The van der Waals surface area contributed by atoms with Gasteiger partial charge in [-0.25, -0.2) is 0 Å². The molecule has 1 amide bonds. The topological polar surface area (TPSA) is 32.3 Å². The largest absolute Gasteiger partial charge is 0.344 e. The van der Waals surface area contributed by atoms with Crippen molar-refractivity contribution in [2.75, 3.05) is 27.2 Å². The van der Waals surface area contributed by atoms with E-state index in [2.05, 4.69) is 18.3 Å². The molecule has 4 heteroatoms. The van der Waals surface area contributed by atoms with E-state index in [1.54, 1.807) is 16.2 Å². The highest BCUT2D eigenvalue weighted by atomic mass is 32.1. The second-order valence-corrected chi connectivity index (χ2v) is 4.98. The van der Waals surface area contributed by atoms with E-state index in [0.29, 0.717) is 6.42 Å². The van der Waals surface area contributed by atoms with E-state index in [-0.39, 0.29) is 5.91 Å². The van der Waals surface area contributed by atoms with Crippen molar-refractivity contribution in [3.05, 3.63) is 21.9 Å². The highest BCUT2D eigenvalue weighted by Crippen LogP contribution is 2.15. The second-order valence-electron chi connectivity index (χ2n) is 3.61. The fourth-order valence-electron chi connectivity index (χ4n) is 1.27. The normalized spacial score (nSPS) is 10.3. The van der Waals surface area contributed by atoms with Crippen LogP contribution in [0.4, 0.5) is 0 Å². The monoisotopic (exact) mass is 226 g/mol. The molecular formula is C11H18N2OS. The van der Waals surface area contributed by atoms with E-state index in [1.165, 1.54) is 4.88 Å². The second kappa shape index (κ2) is 5.88. The maximum absolute atomic E-state index is 11.7. The molecule has 1 heterocycles. The van der Waals surface area contributed by atoms with Gasteiger partial charge in [-0.2, -0.15) is 0 Å². The van der Waals surface area contributed by atoms with Gasteiger partial charge in [0.1, 0.15) is 0 Å². The standard InChI is InChI=1S/C11H18N2OS/c1-9-4-5-10(15-9)8-11(14)13(3)7-6-12-2/h4-5,12H,6-8H2,1-3H3. The maximum atomic E-state index is 11.7. The summed E-state index contributed by atoms with van der Waals surface area (Å²) in [5.41, 5.74) is 0. The van der Waals surface area contributed by atoms with Crippen molar-refractivity contribution >= 4 is 17.2 Å². The number of nitrogens with one attached hydrogen (secondary N) is 1. The smallest absolute Gasteiger partial charge is 0.227 e. The first-order valence-electron chi connectivity index (χ1n) is 5.07. The summed E-state index contributed by atoms with van der Waals surface area (Å²) in [6.07, 6.45) is 0.527. The minimum absolute atomic E-state index is 0.187. The summed E-state index contributed by atoms with van der Waals surface area (Å²) in [6, 6.07) is 4.09. The van der Waals surface area contributed by atoms with Crippen molar-refractivity contribution in [1.29, 1.82) is 0 Å². The summed E-state index contributed by atoms with van der Waals surface area (Å²) in [5, 5.41) is 3.03. The van der Waals surface area contributed by atoms with Gasteiger partial charge in [-0.05, 0) is 26.1 Å². The Labute approximate surface area is 95.1 Å². The number of aryl methyl sites for hydroxylation is 1. The maximum Gasteiger partial charge on any atom is 0.227 e. The molecule has 84 valence electrons. The van der Waals surface area contributed by atoms with Gasteiger partial charge in [0.2, 0.25) is 5.91 Å². The molecule has 0 fully saturated rings. The van der Waals surface area contributed by atoms with E-state index in [4.69, 9.17) is 0 Å². The number of rotatable bonds is 5. The Morgan fingerprint density at radius 3 is 2.80 bits per heavy atom. The van der Waals surface area contributed by atoms with Crippen LogP contribution in [0.25, 0.3) is 0 Å². The molecule has 0 atom stereocenters. The third-order valence-electron chi connectivity index (χ3n) is 2.24. The van der Waals surface area contributed by atoms with Crippen LogP contribution in [0, 0.1) is 6.92 Å². The minimum Gasteiger partial charge on any atom is -0.344 e. The van der Waals surface area contributed by atoms with Crippen molar-refractivity contribution in [1.82, 2.24) is 10.2 Å². The van der Waals surface area contributed by atoms with Crippen molar-refractivity contribution in [2.45, 2.75) is 13.3 Å². The molecule has 0 bridgehead atoms. The van der Waals surface area contributed by atoms with Gasteiger partial charge < -0.3 is 10.2 Å². The Bertz CT molecular complexity index is 322. The van der Waals surface area contributed by atoms with Crippen LogP contribution >= 0.6 is 11.3 Å². The van der Waals surface area contributed by atoms with Crippen molar-refractivity contribution in [2.24, 2.45) is 0 Å². The molecule has 0 aromatic carbocycles. The number of thiophene rings is 1. The number of nitrogens with zero attached hydrogens (tertiary/aromatic N) is 1. The average molecular weight is 226 g/mol. The first-order chi connectivity index (χ1) is 7.13. The zero-order chi connectivity index (χ0) is 11.3. The van der Waals surface area contributed by atoms with Crippen molar-refractivity contribution in [3.63, 3.8) is 0 Å². The van der Waals surface area contributed by atoms with Gasteiger partial charge >= 0.3 is 0 Å². The van der Waals surface area contributed by atoms with E-state index in [0.717, 1.165) is 18.0 Å². The Balaban J connectivity index is 2.41. The predicted octanol–water partition coefficient (Wildman–Crippen LogP) is 1.28. The molecule has 0 saturated carbocycles. The summed E-state index contributed by atoms with van der Waals surface area (Å²) in [5.74, 6) is 0.187. The number of hydrogen-bond donors (Lipinski definition) is 1. The average Bonchev–Trinajstić information content (AvgIpc) is 2.60. The lowest BCUT2D eigenvalue weighted by atomic mass is 10.3. The number of carbonyl (C=O) groups excluding carboxylic acids is 1. The SMILES string of the molecule is CNCCN(C)C(=O)Cc1ccc(C)s1. The van der Waals surface area contributed by atoms with Crippen LogP contribution in [-0.2, 0) is 11.2 Å². The molecule has 1 N–H and O–H groups in total. The van der Waals surface area contributed by atoms with E-state index in [1.807, 2.05) is 20.2 Å². The summed E-state index contributed by atoms with van der Waals surface area (Å²) >= 11 is 1.69. The summed E-state index contributed by atoms with van der Waals surface area (Å²) in [6.45, 7) is 3.66.